The van der Waals surface area contributed by atoms with Gasteiger partial charge in [0.1, 0.15) is 5.65 Å². The highest BCUT2D eigenvalue weighted by atomic mass is 35.5. The van der Waals surface area contributed by atoms with E-state index in [9.17, 15) is 4.79 Å². The number of H-pyrrole nitrogens is 1. The molecule has 46 heavy (non-hydrogen) atoms. The summed E-state index contributed by atoms with van der Waals surface area (Å²) in [6.45, 7) is 3.41. The van der Waals surface area contributed by atoms with Crippen molar-refractivity contribution >= 4 is 46.3 Å². The van der Waals surface area contributed by atoms with Gasteiger partial charge in [-0.3, -0.25) is 14.6 Å². The number of hydrogen-bond donors (Lipinski definition) is 6. The lowest BCUT2D eigenvalue weighted by Crippen LogP contribution is -2.23. The van der Waals surface area contributed by atoms with E-state index in [-0.39, 0.29) is 23.0 Å². The van der Waals surface area contributed by atoms with Crippen LogP contribution in [0.15, 0.2) is 62.3 Å². The smallest absolute Gasteiger partial charge is 0.354 e. The number of aromatic amines is 1. The van der Waals surface area contributed by atoms with Crippen molar-refractivity contribution in [3.8, 4) is 16.9 Å². The highest BCUT2D eigenvalue weighted by molar-refractivity contribution is 7.98. The van der Waals surface area contributed by atoms with Crippen LogP contribution in [0.25, 0.3) is 28.0 Å². The fourth-order valence-electron chi connectivity index (χ4n) is 4.50. The van der Waals surface area contributed by atoms with Gasteiger partial charge < -0.3 is 38.4 Å². The number of hydrogen-bond acceptors (Lipinski definition) is 7. The molecule has 1 atom stereocenters. The fraction of sp³-hybridized carbons (Fsp3) is 0.355. The molecule has 0 spiro atoms. The van der Waals surface area contributed by atoms with Crippen LogP contribution >= 0.6 is 23.4 Å². The first kappa shape index (κ1) is 36.4. The van der Waals surface area contributed by atoms with Gasteiger partial charge in [-0.15, -0.1) is 11.8 Å². The largest absolute Gasteiger partial charge is 0.377 e. The van der Waals surface area contributed by atoms with Crippen LogP contribution in [0.5, 0.6) is 0 Å². The molecule has 0 aliphatic heterocycles. The van der Waals surface area contributed by atoms with E-state index in [0.717, 1.165) is 35.3 Å². The number of aromatic nitrogens is 3. The number of ether oxygens (including phenoxy) is 1. The molecule has 4 rings (SSSR count). The fourth-order valence-corrected chi connectivity index (χ4v) is 5.37. The first-order valence-corrected chi connectivity index (χ1v) is 16.2. The predicted molar refractivity (Wildman–Crippen MR) is 187 cm³/mol. The zero-order valence-electron chi connectivity index (χ0n) is 26.2. The molecule has 0 amide bonds. The van der Waals surface area contributed by atoms with Gasteiger partial charge in [-0.1, -0.05) is 17.7 Å². The summed E-state index contributed by atoms with van der Waals surface area (Å²) in [4.78, 5) is 28.6. The molecule has 2 aromatic heterocycles. The summed E-state index contributed by atoms with van der Waals surface area (Å²) in [6, 6.07) is 11.0. The molecule has 2 heterocycles. The van der Waals surface area contributed by atoms with E-state index in [1.807, 2.05) is 31.4 Å². The molecule has 15 heteroatoms. The second-order valence-corrected chi connectivity index (χ2v) is 11.8. The summed E-state index contributed by atoms with van der Waals surface area (Å²) in [7, 11) is 1.54. The van der Waals surface area contributed by atoms with Crippen LogP contribution in [0, 0.1) is 5.82 Å². The molecule has 1 unspecified atom stereocenters. The third-order valence-corrected chi connectivity index (χ3v) is 7.91. The Morgan fingerprint density at radius 1 is 1.15 bits per heavy atom. The van der Waals surface area contributed by atoms with E-state index in [1.54, 1.807) is 36.2 Å². The van der Waals surface area contributed by atoms with Gasteiger partial charge in [0.25, 0.3) is 0 Å². The Morgan fingerprint density at radius 2 is 1.89 bits per heavy atom. The van der Waals surface area contributed by atoms with E-state index in [4.69, 9.17) is 45.0 Å². The van der Waals surface area contributed by atoms with Crippen LogP contribution in [0.1, 0.15) is 37.3 Å². The number of rotatable bonds is 13. The molecule has 0 bridgehead atoms. The molecule has 0 aliphatic carbocycles. The van der Waals surface area contributed by atoms with Gasteiger partial charge in [-0.2, -0.15) is 4.98 Å². The quantitative estimate of drug-likeness (QED) is 0.0528. The zero-order valence-corrected chi connectivity index (χ0v) is 27.8. The van der Waals surface area contributed by atoms with Crippen LogP contribution in [0.3, 0.4) is 0 Å². The summed E-state index contributed by atoms with van der Waals surface area (Å²) in [5.74, 6) is -0.327. The normalized spacial score (nSPS) is 11.5. The van der Waals surface area contributed by atoms with Crippen LogP contribution in [-0.4, -0.2) is 59.0 Å². The standard InChI is InChI=1S/C29H35ClFN7O2S.C2H7N3/c1-17(32)5-3-6-18-11-22(26(31)23(30)12-18)24-13-20-15-38(29(39)37-27(20)36-24)21-8-7-19(25(14-21)41-2)16-40-10-4-9-35-28(33)34;1-5-2(3)4/h7-8,11-15,17H,3-6,9-10,16,32H2,1-2H3,(H4,33,34,35)(H,36,37,39);1H3,(H4,3,4,5). The molecule has 12 nitrogen and oxygen atoms in total. The zero-order chi connectivity index (χ0) is 33.8. The van der Waals surface area contributed by atoms with Crippen LogP contribution in [0.4, 0.5) is 4.39 Å². The predicted octanol–water partition coefficient (Wildman–Crippen LogP) is 3.63. The van der Waals surface area contributed by atoms with Crippen molar-refractivity contribution in [2.45, 2.75) is 50.2 Å². The molecular formula is C31H42ClFN10O2S. The molecule has 0 saturated heterocycles. The Bertz CT molecular complexity index is 1730. The number of guanidine groups is 2. The minimum atomic E-state index is -0.525. The number of nitrogens with zero attached hydrogens (tertiary/aromatic N) is 4. The van der Waals surface area contributed by atoms with Gasteiger partial charge >= 0.3 is 5.69 Å². The first-order valence-electron chi connectivity index (χ1n) is 14.6. The van der Waals surface area contributed by atoms with Crippen molar-refractivity contribution in [1.29, 1.82) is 0 Å². The van der Waals surface area contributed by atoms with Gasteiger partial charge in [0.15, 0.2) is 17.7 Å². The van der Waals surface area contributed by atoms with Gasteiger partial charge in [-0.25, -0.2) is 9.18 Å². The van der Waals surface area contributed by atoms with E-state index < -0.39 is 11.5 Å². The average molecular weight is 673 g/mol. The molecule has 0 radical (unpaired) electrons. The van der Waals surface area contributed by atoms with Crippen molar-refractivity contribution in [2.24, 2.45) is 38.7 Å². The van der Waals surface area contributed by atoms with Crippen molar-refractivity contribution in [2.75, 3.05) is 26.5 Å². The van der Waals surface area contributed by atoms with E-state index >= 15 is 4.39 Å². The Hall–Kier alpha value is -4.11. The number of aryl methyl sites for hydroxylation is 1. The highest BCUT2D eigenvalue weighted by Gasteiger charge is 2.16. The van der Waals surface area contributed by atoms with E-state index in [1.165, 1.54) is 11.6 Å². The van der Waals surface area contributed by atoms with E-state index in [2.05, 4.69) is 20.0 Å². The molecular weight excluding hydrogens is 631 g/mol. The second kappa shape index (κ2) is 17.5. The summed E-state index contributed by atoms with van der Waals surface area (Å²) in [5, 5.41) is 0.711. The Balaban J connectivity index is 0.00000107. The SMILES string of the molecule is CN=C(N)N.CSc1cc(-n2cc3cc(-c4cc(CCCC(C)N)cc(Cl)c4F)[nH]c3nc2=O)ccc1COCCCN=C(N)N. The lowest BCUT2D eigenvalue weighted by Gasteiger charge is -2.12. The third kappa shape index (κ3) is 10.5. The minimum Gasteiger partial charge on any atom is -0.377 e. The number of benzene rings is 2. The summed E-state index contributed by atoms with van der Waals surface area (Å²) < 4.78 is 22.3. The number of fused-ring (bicyclic) bond motifs is 1. The van der Waals surface area contributed by atoms with Crippen LogP contribution in [-0.2, 0) is 17.8 Å². The minimum absolute atomic E-state index is 0.0481. The lowest BCUT2D eigenvalue weighted by atomic mass is 10.0. The van der Waals surface area contributed by atoms with Gasteiger partial charge in [0.2, 0.25) is 0 Å². The molecule has 0 saturated carbocycles. The molecule has 4 aromatic rings. The van der Waals surface area contributed by atoms with E-state index in [0.29, 0.717) is 54.2 Å². The van der Waals surface area contributed by atoms with Crippen LogP contribution < -0.4 is 34.4 Å². The van der Waals surface area contributed by atoms with Crippen molar-refractivity contribution < 1.29 is 9.13 Å². The summed E-state index contributed by atoms with van der Waals surface area (Å²) in [5.41, 5.74) is 29.5. The second-order valence-electron chi connectivity index (χ2n) is 10.5. The maximum atomic E-state index is 15.1. The molecule has 11 N–H and O–H groups in total. The van der Waals surface area contributed by atoms with Crippen LogP contribution in [0.2, 0.25) is 5.02 Å². The number of aliphatic imine (C=N–C) groups is 2. The Morgan fingerprint density at radius 3 is 2.54 bits per heavy atom. The number of nitrogens with two attached hydrogens (primary N) is 5. The average Bonchev–Trinajstić information content (AvgIpc) is 3.42. The van der Waals surface area contributed by atoms with Crippen molar-refractivity contribution in [1.82, 2.24) is 14.5 Å². The number of halogens is 2. The molecule has 248 valence electrons. The topological polar surface area (TPSA) is 215 Å². The lowest BCUT2D eigenvalue weighted by molar-refractivity contribution is 0.118. The van der Waals surface area contributed by atoms with Crippen molar-refractivity contribution in [3.05, 3.63) is 75.0 Å². The Kier molecular flexibility index (Phi) is 13.9. The first-order chi connectivity index (χ1) is 21.9. The van der Waals surface area contributed by atoms with Gasteiger partial charge in [-0.05, 0) is 80.3 Å². The maximum absolute atomic E-state index is 15.1. The summed E-state index contributed by atoms with van der Waals surface area (Å²) in [6.07, 6.45) is 6.84. The maximum Gasteiger partial charge on any atom is 0.354 e. The molecule has 2 aromatic carbocycles. The molecule has 0 fully saturated rings. The number of nitrogens with one attached hydrogen (secondary N) is 1. The van der Waals surface area contributed by atoms with Crippen molar-refractivity contribution in [3.63, 3.8) is 0 Å². The monoisotopic (exact) mass is 672 g/mol. The highest BCUT2D eigenvalue weighted by Crippen LogP contribution is 2.32. The van der Waals surface area contributed by atoms with Gasteiger partial charge in [0.05, 0.1) is 23.0 Å². The third-order valence-electron chi connectivity index (χ3n) is 6.82. The number of thioether (sulfide) groups is 1. The Labute approximate surface area is 276 Å². The summed E-state index contributed by atoms with van der Waals surface area (Å²) >= 11 is 7.80. The molecule has 0 aliphatic rings. The van der Waals surface area contributed by atoms with Gasteiger partial charge in [0, 0.05) is 48.3 Å².